The molecule has 35 heavy (non-hydrogen) atoms. The molecule has 0 saturated carbocycles. The third-order valence-corrected chi connectivity index (χ3v) is 5.98. The Labute approximate surface area is 205 Å². The number of nitrogens with zero attached hydrogens (tertiary/aromatic N) is 3. The molecule has 0 aliphatic carbocycles. The van der Waals surface area contributed by atoms with Crippen molar-refractivity contribution in [3.05, 3.63) is 79.5 Å². The van der Waals surface area contributed by atoms with Gasteiger partial charge in [-0.1, -0.05) is 18.5 Å². The maximum atomic E-state index is 12.8. The number of rotatable bonds is 6. The largest absolute Gasteiger partial charge is 0.497 e. The third-order valence-electron chi connectivity index (χ3n) is 5.73. The van der Waals surface area contributed by atoms with Crippen LogP contribution in [0.25, 0.3) is 5.69 Å². The number of aromatic amines is 1. The first kappa shape index (κ1) is 24.1. The molecule has 0 unspecified atom stereocenters. The summed E-state index contributed by atoms with van der Waals surface area (Å²) in [4.78, 5) is 40.4. The minimum atomic E-state index is -0.827. The van der Waals surface area contributed by atoms with Crippen LogP contribution in [0, 0.1) is 0 Å². The van der Waals surface area contributed by atoms with Crippen LogP contribution in [-0.2, 0) is 4.79 Å². The van der Waals surface area contributed by atoms with E-state index in [4.69, 9.17) is 21.1 Å². The summed E-state index contributed by atoms with van der Waals surface area (Å²) < 4.78 is 11.7. The van der Waals surface area contributed by atoms with Gasteiger partial charge in [0.25, 0.3) is 5.56 Å². The van der Waals surface area contributed by atoms with E-state index in [2.05, 4.69) is 10.1 Å². The van der Waals surface area contributed by atoms with Gasteiger partial charge in [-0.15, -0.1) is 0 Å². The van der Waals surface area contributed by atoms with Crippen molar-refractivity contribution >= 4 is 23.2 Å². The minimum Gasteiger partial charge on any atom is -0.497 e. The predicted molar refractivity (Wildman–Crippen MR) is 130 cm³/mol. The number of aromatic nitrogens is 2. The Morgan fingerprint density at radius 2 is 1.89 bits per heavy atom. The Hall–Kier alpha value is -4.05. The highest BCUT2D eigenvalue weighted by Gasteiger charge is 2.36. The lowest BCUT2D eigenvalue weighted by Crippen LogP contribution is -2.33. The van der Waals surface area contributed by atoms with Crippen LogP contribution in [0.4, 0.5) is 0 Å². The van der Waals surface area contributed by atoms with E-state index in [1.54, 1.807) is 37.3 Å². The van der Waals surface area contributed by atoms with Gasteiger partial charge in [0.15, 0.2) is 0 Å². The molecule has 0 saturated heterocycles. The third kappa shape index (κ3) is 4.40. The van der Waals surface area contributed by atoms with Gasteiger partial charge in [-0.25, -0.2) is 14.4 Å². The summed E-state index contributed by atoms with van der Waals surface area (Å²) in [6.45, 7) is 1.70. The Kier molecular flexibility index (Phi) is 6.65. The number of carbonyl (C=O) groups is 1. The first-order valence-corrected chi connectivity index (χ1v) is 11.1. The maximum Gasteiger partial charge on any atom is 0.335 e. The zero-order valence-corrected chi connectivity index (χ0v) is 20.0. The lowest BCUT2D eigenvalue weighted by atomic mass is 9.98. The number of aromatic hydroxyl groups is 1. The van der Waals surface area contributed by atoms with Crippen molar-refractivity contribution in [2.45, 2.75) is 25.8 Å². The number of carbonyl (C=O) groups excluding carboxylic acids is 1. The van der Waals surface area contributed by atoms with Gasteiger partial charge in [-0.3, -0.25) is 14.6 Å². The van der Waals surface area contributed by atoms with Crippen LogP contribution < -0.4 is 20.7 Å². The topological polar surface area (TPSA) is 126 Å². The number of hydrogen-bond donors (Lipinski definition) is 2. The van der Waals surface area contributed by atoms with Crippen LogP contribution in [0.3, 0.4) is 0 Å². The second-order valence-electron chi connectivity index (χ2n) is 7.74. The zero-order chi connectivity index (χ0) is 25.3. The Morgan fingerprint density at radius 1 is 1.17 bits per heavy atom. The van der Waals surface area contributed by atoms with Gasteiger partial charge < -0.3 is 14.6 Å². The van der Waals surface area contributed by atoms with E-state index in [0.717, 1.165) is 4.57 Å². The summed E-state index contributed by atoms with van der Waals surface area (Å²) in [6, 6.07) is 10.7. The molecule has 11 heteroatoms. The lowest BCUT2D eigenvalue weighted by molar-refractivity contribution is -0.132. The van der Waals surface area contributed by atoms with E-state index in [-0.39, 0.29) is 30.0 Å². The first-order chi connectivity index (χ1) is 16.8. The molecule has 4 rings (SSSR count). The fourth-order valence-corrected chi connectivity index (χ4v) is 4.13. The molecule has 0 radical (unpaired) electrons. The molecule has 1 aliphatic rings. The summed E-state index contributed by atoms with van der Waals surface area (Å²) in [6.07, 6.45) is 0.266. The Morgan fingerprint density at radius 3 is 2.51 bits per heavy atom. The monoisotopic (exact) mass is 498 g/mol. The van der Waals surface area contributed by atoms with Crippen molar-refractivity contribution in [1.82, 2.24) is 14.6 Å². The average Bonchev–Trinajstić information content (AvgIpc) is 3.28. The summed E-state index contributed by atoms with van der Waals surface area (Å²) in [5, 5.41) is 17.1. The number of benzene rings is 2. The number of H-pyrrole nitrogens is 1. The summed E-state index contributed by atoms with van der Waals surface area (Å²) in [5.74, 6) is 0.169. The highest BCUT2D eigenvalue weighted by atomic mass is 35.5. The molecule has 0 bridgehead atoms. The molecule has 10 nitrogen and oxygen atoms in total. The van der Waals surface area contributed by atoms with Gasteiger partial charge in [0, 0.05) is 29.5 Å². The second-order valence-corrected chi connectivity index (χ2v) is 8.17. The van der Waals surface area contributed by atoms with Crippen LogP contribution >= 0.6 is 11.6 Å². The van der Waals surface area contributed by atoms with E-state index in [1.165, 1.54) is 31.4 Å². The SMILES string of the molecule is CCC(=O)N1N=C(c2c(O)n(-c3ccc(Cl)cc3)c(=O)[nH]c2=O)C[C@H]1c1ccc(OC)cc1OC. The number of halogens is 1. The highest BCUT2D eigenvalue weighted by molar-refractivity contribution is 6.30. The fraction of sp³-hybridized carbons (Fsp3) is 0.250. The molecule has 1 atom stereocenters. The Balaban J connectivity index is 1.85. The van der Waals surface area contributed by atoms with Crippen LogP contribution in [-0.4, -0.2) is 45.5 Å². The van der Waals surface area contributed by atoms with Gasteiger partial charge in [-0.2, -0.15) is 5.10 Å². The predicted octanol–water partition coefficient (Wildman–Crippen LogP) is 2.99. The summed E-state index contributed by atoms with van der Waals surface area (Å²) in [5.41, 5.74) is -0.757. The molecule has 2 heterocycles. The number of nitrogens with one attached hydrogen (secondary N) is 1. The van der Waals surface area contributed by atoms with E-state index < -0.39 is 23.2 Å². The number of ether oxygens (including phenoxy) is 2. The Bertz CT molecular complexity index is 1430. The van der Waals surface area contributed by atoms with E-state index in [0.29, 0.717) is 27.8 Å². The van der Waals surface area contributed by atoms with Crippen molar-refractivity contribution in [2.24, 2.45) is 5.10 Å². The quantitative estimate of drug-likeness (QED) is 0.538. The molecule has 0 spiro atoms. The standard InChI is InChI=1S/C24H23ClN4O6/c1-4-20(30)29-18(16-10-9-15(34-2)11-19(16)35-3)12-17(27-29)21-22(31)26-24(33)28(23(21)32)14-7-5-13(25)6-8-14/h5-11,18,32H,4,12H2,1-3H3,(H,26,31,33)/t18-/m0/s1. The summed E-state index contributed by atoms with van der Waals surface area (Å²) >= 11 is 5.93. The molecule has 182 valence electrons. The van der Waals surface area contributed by atoms with Crippen molar-refractivity contribution < 1.29 is 19.4 Å². The van der Waals surface area contributed by atoms with Crippen molar-refractivity contribution in [1.29, 1.82) is 0 Å². The van der Waals surface area contributed by atoms with Crippen molar-refractivity contribution in [3.63, 3.8) is 0 Å². The highest BCUT2D eigenvalue weighted by Crippen LogP contribution is 2.39. The maximum absolute atomic E-state index is 12.8. The molecule has 1 aliphatic heterocycles. The minimum absolute atomic E-state index is 0.101. The number of methoxy groups -OCH3 is 2. The summed E-state index contributed by atoms with van der Waals surface area (Å²) in [7, 11) is 3.03. The van der Waals surface area contributed by atoms with Gasteiger partial charge in [0.05, 0.1) is 31.7 Å². The number of hydrogen-bond acceptors (Lipinski definition) is 7. The second kappa shape index (κ2) is 9.67. The smallest absolute Gasteiger partial charge is 0.335 e. The molecule has 2 N–H and O–H groups in total. The zero-order valence-electron chi connectivity index (χ0n) is 19.2. The molecule has 2 aromatic carbocycles. The van der Waals surface area contributed by atoms with Crippen molar-refractivity contribution in [2.75, 3.05) is 14.2 Å². The first-order valence-electron chi connectivity index (χ1n) is 10.7. The molecule has 0 fully saturated rings. The van der Waals surface area contributed by atoms with Crippen LogP contribution in [0.5, 0.6) is 17.4 Å². The normalized spacial score (nSPS) is 15.1. The molecule has 1 amide bonds. The molecule has 3 aromatic rings. The fourth-order valence-electron chi connectivity index (χ4n) is 4.00. The van der Waals surface area contributed by atoms with Gasteiger partial charge in [0.2, 0.25) is 11.8 Å². The van der Waals surface area contributed by atoms with Gasteiger partial charge >= 0.3 is 5.69 Å². The van der Waals surface area contributed by atoms with E-state index >= 15 is 0 Å². The van der Waals surface area contributed by atoms with E-state index in [9.17, 15) is 19.5 Å². The van der Waals surface area contributed by atoms with Crippen LogP contribution in [0.1, 0.15) is 36.9 Å². The van der Waals surface area contributed by atoms with Gasteiger partial charge in [-0.05, 0) is 36.4 Å². The van der Waals surface area contributed by atoms with Crippen molar-refractivity contribution in [3.8, 4) is 23.1 Å². The lowest BCUT2D eigenvalue weighted by Gasteiger charge is -2.23. The number of amides is 1. The van der Waals surface area contributed by atoms with Crippen LogP contribution in [0.2, 0.25) is 5.02 Å². The van der Waals surface area contributed by atoms with Crippen LogP contribution in [0.15, 0.2) is 57.2 Å². The molecular formula is C24H23ClN4O6. The van der Waals surface area contributed by atoms with Gasteiger partial charge in [0.1, 0.15) is 17.1 Å². The van der Waals surface area contributed by atoms with E-state index in [1.807, 2.05) is 0 Å². The molecular weight excluding hydrogens is 476 g/mol. The number of hydrazone groups is 1. The average molecular weight is 499 g/mol. The molecule has 1 aromatic heterocycles.